The molecule has 1 saturated carbocycles. The van der Waals surface area contributed by atoms with Gasteiger partial charge in [-0.05, 0) is 43.5 Å². The molecule has 1 aliphatic carbocycles. The Hall–Kier alpha value is -1.55. The van der Waals surface area contributed by atoms with Gasteiger partial charge in [0.15, 0.2) is 0 Å². The van der Waals surface area contributed by atoms with Gasteiger partial charge in [0.25, 0.3) is 0 Å². The standard InChI is InChI=1S/C14H20N2O2/c15-12-4-2-1-3-5-13(12)18-11-8-6-10(7-9-11)14(16)17/h6-9,12-13H,1-5,15H2,(H2,16,17). The van der Waals surface area contributed by atoms with Crippen LogP contribution < -0.4 is 16.2 Å². The Bertz CT molecular complexity index is 403. The van der Waals surface area contributed by atoms with Crippen molar-refractivity contribution in [3.63, 3.8) is 0 Å². The van der Waals surface area contributed by atoms with Crippen LogP contribution in [0.5, 0.6) is 5.75 Å². The van der Waals surface area contributed by atoms with Crippen molar-refractivity contribution in [2.24, 2.45) is 11.5 Å². The van der Waals surface area contributed by atoms with Gasteiger partial charge in [-0.1, -0.05) is 12.8 Å². The molecule has 2 atom stereocenters. The predicted octanol–water partition coefficient (Wildman–Crippen LogP) is 1.82. The Labute approximate surface area is 107 Å². The second-order valence-corrected chi connectivity index (χ2v) is 4.85. The normalized spacial score (nSPS) is 24.3. The summed E-state index contributed by atoms with van der Waals surface area (Å²) in [7, 11) is 0. The number of ether oxygens (including phenoxy) is 1. The molecule has 4 heteroatoms. The quantitative estimate of drug-likeness (QED) is 0.801. The number of rotatable bonds is 3. The molecule has 4 nitrogen and oxygen atoms in total. The molecule has 2 unspecified atom stereocenters. The number of carbonyl (C=O) groups excluding carboxylic acids is 1. The van der Waals surface area contributed by atoms with Gasteiger partial charge in [0.2, 0.25) is 5.91 Å². The number of amides is 1. The number of carbonyl (C=O) groups is 1. The van der Waals surface area contributed by atoms with Crippen molar-refractivity contribution in [2.45, 2.75) is 44.2 Å². The molecule has 0 spiro atoms. The highest BCUT2D eigenvalue weighted by molar-refractivity contribution is 5.92. The van der Waals surface area contributed by atoms with E-state index in [2.05, 4.69) is 0 Å². The van der Waals surface area contributed by atoms with Crippen LogP contribution >= 0.6 is 0 Å². The number of benzene rings is 1. The van der Waals surface area contributed by atoms with E-state index in [-0.39, 0.29) is 12.1 Å². The monoisotopic (exact) mass is 248 g/mol. The van der Waals surface area contributed by atoms with E-state index in [1.165, 1.54) is 12.8 Å². The van der Waals surface area contributed by atoms with Gasteiger partial charge >= 0.3 is 0 Å². The summed E-state index contributed by atoms with van der Waals surface area (Å²) in [5, 5.41) is 0. The molecule has 0 saturated heterocycles. The first-order valence-corrected chi connectivity index (χ1v) is 6.49. The fraction of sp³-hybridized carbons (Fsp3) is 0.500. The molecule has 0 heterocycles. The molecule has 0 bridgehead atoms. The van der Waals surface area contributed by atoms with E-state index in [0.29, 0.717) is 5.56 Å². The molecule has 4 N–H and O–H groups in total. The molecule has 0 aliphatic heterocycles. The summed E-state index contributed by atoms with van der Waals surface area (Å²) in [5.41, 5.74) is 11.8. The zero-order valence-corrected chi connectivity index (χ0v) is 10.5. The lowest BCUT2D eigenvalue weighted by molar-refractivity contribution is 0.1000. The lowest BCUT2D eigenvalue weighted by Crippen LogP contribution is -2.37. The first-order chi connectivity index (χ1) is 8.66. The summed E-state index contributed by atoms with van der Waals surface area (Å²) in [4.78, 5) is 11.0. The molecule has 0 aromatic heterocycles. The number of hydrogen-bond acceptors (Lipinski definition) is 3. The minimum atomic E-state index is -0.423. The molecule has 18 heavy (non-hydrogen) atoms. The third-order valence-corrected chi connectivity index (χ3v) is 3.43. The Balaban J connectivity index is 2.01. The van der Waals surface area contributed by atoms with Gasteiger partial charge in [0.05, 0.1) is 0 Å². The van der Waals surface area contributed by atoms with Crippen molar-refractivity contribution >= 4 is 5.91 Å². The minimum Gasteiger partial charge on any atom is -0.489 e. The average molecular weight is 248 g/mol. The van der Waals surface area contributed by atoms with E-state index in [1.54, 1.807) is 24.3 Å². The molecule has 98 valence electrons. The zero-order chi connectivity index (χ0) is 13.0. The van der Waals surface area contributed by atoms with Crippen molar-refractivity contribution in [3.05, 3.63) is 29.8 Å². The maximum atomic E-state index is 11.0. The third-order valence-electron chi connectivity index (χ3n) is 3.43. The molecule has 1 aromatic carbocycles. The van der Waals surface area contributed by atoms with Gasteiger partial charge in [-0.2, -0.15) is 0 Å². The smallest absolute Gasteiger partial charge is 0.248 e. The van der Waals surface area contributed by atoms with Crippen molar-refractivity contribution in [1.29, 1.82) is 0 Å². The Kier molecular flexibility index (Phi) is 4.20. The van der Waals surface area contributed by atoms with E-state index in [4.69, 9.17) is 16.2 Å². The van der Waals surface area contributed by atoms with Crippen LogP contribution in [0.1, 0.15) is 42.5 Å². The summed E-state index contributed by atoms with van der Waals surface area (Å²) in [6, 6.07) is 7.01. The Morgan fingerprint density at radius 2 is 1.78 bits per heavy atom. The molecule has 1 aliphatic rings. The van der Waals surface area contributed by atoms with Crippen LogP contribution in [0, 0.1) is 0 Å². The van der Waals surface area contributed by atoms with E-state index in [9.17, 15) is 4.79 Å². The van der Waals surface area contributed by atoms with Gasteiger partial charge in [0.1, 0.15) is 11.9 Å². The summed E-state index contributed by atoms with van der Waals surface area (Å²) in [5.74, 6) is 0.329. The molecule has 2 rings (SSSR count). The number of nitrogens with two attached hydrogens (primary N) is 2. The van der Waals surface area contributed by atoms with E-state index in [1.807, 2.05) is 0 Å². The Morgan fingerprint density at radius 1 is 1.11 bits per heavy atom. The maximum Gasteiger partial charge on any atom is 0.248 e. The molecule has 1 aromatic rings. The third kappa shape index (κ3) is 3.23. The second-order valence-electron chi connectivity index (χ2n) is 4.85. The van der Waals surface area contributed by atoms with Crippen LogP contribution in [0.2, 0.25) is 0 Å². The fourth-order valence-corrected chi connectivity index (χ4v) is 2.32. The largest absolute Gasteiger partial charge is 0.489 e. The van der Waals surface area contributed by atoms with E-state index >= 15 is 0 Å². The highest BCUT2D eigenvalue weighted by Crippen LogP contribution is 2.22. The van der Waals surface area contributed by atoms with Gasteiger partial charge in [-0.25, -0.2) is 0 Å². The average Bonchev–Trinajstić information content (AvgIpc) is 2.56. The SMILES string of the molecule is NC(=O)c1ccc(OC2CCCCCC2N)cc1. The summed E-state index contributed by atoms with van der Waals surface area (Å²) in [6.07, 6.45) is 5.67. The fourth-order valence-electron chi connectivity index (χ4n) is 2.32. The number of primary amides is 1. The second kappa shape index (κ2) is 5.87. The molecule has 0 radical (unpaired) electrons. The van der Waals surface area contributed by atoms with Crippen molar-refractivity contribution in [3.8, 4) is 5.75 Å². The van der Waals surface area contributed by atoms with Crippen molar-refractivity contribution in [2.75, 3.05) is 0 Å². The molecule has 1 fully saturated rings. The van der Waals surface area contributed by atoms with Crippen LogP contribution in [0.3, 0.4) is 0 Å². The van der Waals surface area contributed by atoms with Crippen molar-refractivity contribution in [1.82, 2.24) is 0 Å². The molecular weight excluding hydrogens is 228 g/mol. The van der Waals surface area contributed by atoms with Crippen LogP contribution in [0.25, 0.3) is 0 Å². The maximum absolute atomic E-state index is 11.0. The van der Waals surface area contributed by atoms with Crippen LogP contribution in [-0.4, -0.2) is 18.1 Å². The summed E-state index contributed by atoms with van der Waals surface area (Å²) in [6.45, 7) is 0. The van der Waals surface area contributed by atoms with Gasteiger partial charge in [0, 0.05) is 11.6 Å². The highest BCUT2D eigenvalue weighted by atomic mass is 16.5. The van der Waals surface area contributed by atoms with Crippen LogP contribution in [-0.2, 0) is 0 Å². The van der Waals surface area contributed by atoms with E-state index in [0.717, 1.165) is 25.0 Å². The molecular formula is C14H20N2O2. The van der Waals surface area contributed by atoms with Crippen molar-refractivity contribution < 1.29 is 9.53 Å². The summed E-state index contributed by atoms with van der Waals surface area (Å²) < 4.78 is 5.91. The van der Waals surface area contributed by atoms with E-state index < -0.39 is 5.91 Å². The van der Waals surface area contributed by atoms with Gasteiger partial charge in [-0.15, -0.1) is 0 Å². The first kappa shape index (κ1) is 12.9. The molecule has 1 amide bonds. The topological polar surface area (TPSA) is 78.3 Å². The first-order valence-electron chi connectivity index (χ1n) is 6.49. The van der Waals surface area contributed by atoms with Gasteiger partial charge in [-0.3, -0.25) is 4.79 Å². The Morgan fingerprint density at radius 3 is 2.44 bits per heavy atom. The summed E-state index contributed by atoms with van der Waals surface area (Å²) >= 11 is 0. The van der Waals surface area contributed by atoms with Crippen LogP contribution in [0.15, 0.2) is 24.3 Å². The van der Waals surface area contributed by atoms with Gasteiger partial charge < -0.3 is 16.2 Å². The zero-order valence-electron chi connectivity index (χ0n) is 10.5. The lowest BCUT2D eigenvalue weighted by atomic mass is 10.1. The number of hydrogen-bond donors (Lipinski definition) is 2. The highest BCUT2D eigenvalue weighted by Gasteiger charge is 2.21. The predicted molar refractivity (Wildman–Crippen MR) is 70.4 cm³/mol. The lowest BCUT2D eigenvalue weighted by Gasteiger charge is -2.22. The minimum absolute atomic E-state index is 0.0759. The van der Waals surface area contributed by atoms with Crippen LogP contribution in [0.4, 0.5) is 0 Å².